The van der Waals surface area contributed by atoms with Gasteiger partial charge in [-0.15, -0.1) is 0 Å². The Morgan fingerprint density at radius 1 is 1.04 bits per heavy atom. The molecule has 2 heterocycles. The van der Waals surface area contributed by atoms with Crippen LogP contribution in [0.1, 0.15) is 40.5 Å². The normalized spacial score (nSPS) is 16.0. The molecule has 0 saturated carbocycles. The number of nitrogens with zero attached hydrogens (tertiary/aromatic N) is 2. The predicted octanol–water partition coefficient (Wildman–Crippen LogP) is 4.60. The fourth-order valence-corrected chi connectivity index (χ4v) is 3.51. The highest BCUT2D eigenvalue weighted by molar-refractivity contribution is 5.94. The molecular weight excluding hydrogens is 355 g/mol. The number of hydrogen-bond donors (Lipinski definition) is 1. The number of H-pyrrole nitrogens is 1. The second kappa shape index (κ2) is 6.72. The van der Waals surface area contributed by atoms with Gasteiger partial charge in [-0.3, -0.25) is 4.79 Å². The van der Waals surface area contributed by atoms with Crippen molar-refractivity contribution in [1.29, 1.82) is 0 Å². The van der Waals surface area contributed by atoms with E-state index in [1.807, 2.05) is 24.3 Å². The lowest BCUT2D eigenvalue weighted by molar-refractivity contribution is -0.137. The highest BCUT2D eigenvalue weighted by atomic mass is 19.4. The van der Waals surface area contributed by atoms with Gasteiger partial charge < -0.3 is 9.88 Å². The molecule has 0 radical (unpaired) electrons. The summed E-state index contributed by atoms with van der Waals surface area (Å²) in [5, 5.41) is 0. The first-order chi connectivity index (χ1) is 12.9. The molecule has 1 fully saturated rings. The van der Waals surface area contributed by atoms with Gasteiger partial charge in [-0.25, -0.2) is 4.98 Å². The smallest absolute Gasteiger partial charge is 0.342 e. The van der Waals surface area contributed by atoms with Gasteiger partial charge in [0.25, 0.3) is 5.91 Å². The van der Waals surface area contributed by atoms with E-state index in [9.17, 15) is 18.0 Å². The molecular formula is C20H18F3N3O. The predicted molar refractivity (Wildman–Crippen MR) is 95.4 cm³/mol. The monoisotopic (exact) mass is 373 g/mol. The minimum Gasteiger partial charge on any atom is -0.342 e. The molecule has 4 nitrogen and oxygen atoms in total. The van der Waals surface area contributed by atoms with Crippen molar-refractivity contribution in [2.45, 2.75) is 24.9 Å². The van der Waals surface area contributed by atoms with Crippen molar-refractivity contribution < 1.29 is 18.0 Å². The number of para-hydroxylation sites is 2. The molecule has 0 bridgehead atoms. The van der Waals surface area contributed by atoms with Gasteiger partial charge in [0.05, 0.1) is 16.6 Å². The molecule has 1 saturated heterocycles. The highest BCUT2D eigenvalue weighted by Gasteiger charge is 2.31. The lowest BCUT2D eigenvalue weighted by atomic mass is 9.95. The molecule has 1 N–H and O–H groups in total. The van der Waals surface area contributed by atoms with Gasteiger partial charge in [-0.05, 0) is 49.2 Å². The van der Waals surface area contributed by atoms with Crippen LogP contribution in [0.3, 0.4) is 0 Å². The molecule has 27 heavy (non-hydrogen) atoms. The topological polar surface area (TPSA) is 49.0 Å². The number of alkyl halides is 3. The number of fused-ring (bicyclic) bond motifs is 1. The molecule has 1 aliphatic rings. The molecule has 1 amide bonds. The molecule has 0 spiro atoms. The number of halogens is 3. The van der Waals surface area contributed by atoms with Gasteiger partial charge in [0.15, 0.2) is 0 Å². The lowest BCUT2D eigenvalue weighted by Gasteiger charge is -2.31. The number of aromatic amines is 1. The zero-order chi connectivity index (χ0) is 19.0. The Morgan fingerprint density at radius 2 is 1.70 bits per heavy atom. The minimum atomic E-state index is -4.40. The standard InChI is InChI=1S/C20H18F3N3O/c21-20(22,23)15-7-5-14(6-8-15)19(27)26-11-9-13(10-12-26)18-24-16-3-1-2-4-17(16)25-18/h1-8,13H,9-12H2,(H,24,25). The van der Waals surface area contributed by atoms with E-state index >= 15 is 0 Å². The average molecular weight is 373 g/mol. The number of amides is 1. The van der Waals surface area contributed by atoms with Crippen LogP contribution in [0.4, 0.5) is 13.2 Å². The second-order valence-corrected chi connectivity index (χ2v) is 6.78. The SMILES string of the molecule is O=C(c1ccc(C(F)(F)F)cc1)N1CCC(c2nc3ccccc3[nH]2)CC1. The minimum absolute atomic E-state index is 0.230. The summed E-state index contributed by atoms with van der Waals surface area (Å²) in [4.78, 5) is 22.2. The number of aromatic nitrogens is 2. The van der Waals surface area contributed by atoms with Gasteiger partial charge in [-0.2, -0.15) is 13.2 Å². The van der Waals surface area contributed by atoms with Gasteiger partial charge in [0.2, 0.25) is 0 Å². The van der Waals surface area contributed by atoms with E-state index in [-0.39, 0.29) is 17.4 Å². The van der Waals surface area contributed by atoms with Crippen LogP contribution in [0.2, 0.25) is 0 Å². The largest absolute Gasteiger partial charge is 0.416 e. The zero-order valence-electron chi connectivity index (χ0n) is 14.5. The Kier molecular flexibility index (Phi) is 4.37. The van der Waals surface area contributed by atoms with Crippen LogP contribution >= 0.6 is 0 Å². The van der Waals surface area contributed by atoms with E-state index in [1.165, 1.54) is 12.1 Å². The van der Waals surface area contributed by atoms with Crippen LogP contribution in [-0.2, 0) is 6.18 Å². The maximum absolute atomic E-state index is 12.7. The van der Waals surface area contributed by atoms with Crippen LogP contribution in [-0.4, -0.2) is 33.9 Å². The van der Waals surface area contributed by atoms with Crippen molar-refractivity contribution >= 4 is 16.9 Å². The Hall–Kier alpha value is -2.83. The number of nitrogens with one attached hydrogen (secondary N) is 1. The summed E-state index contributed by atoms with van der Waals surface area (Å²) in [5.41, 5.74) is 1.46. The summed E-state index contributed by atoms with van der Waals surface area (Å²) in [6.45, 7) is 1.11. The molecule has 7 heteroatoms. The van der Waals surface area contributed by atoms with E-state index in [0.29, 0.717) is 13.1 Å². The number of carbonyl (C=O) groups excluding carboxylic acids is 1. The third kappa shape index (κ3) is 3.54. The van der Waals surface area contributed by atoms with E-state index in [1.54, 1.807) is 4.90 Å². The molecule has 1 aliphatic heterocycles. The van der Waals surface area contributed by atoms with E-state index in [0.717, 1.165) is 41.8 Å². The molecule has 4 rings (SSSR count). The molecule has 1 aromatic heterocycles. The van der Waals surface area contributed by atoms with Crippen molar-refractivity contribution in [2.24, 2.45) is 0 Å². The van der Waals surface area contributed by atoms with E-state index in [4.69, 9.17) is 0 Å². The number of carbonyl (C=O) groups is 1. The zero-order valence-corrected chi connectivity index (χ0v) is 14.5. The van der Waals surface area contributed by atoms with E-state index in [2.05, 4.69) is 9.97 Å². The summed E-state index contributed by atoms with van der Waals surface area (Å²) in [6.07, 6.45) is -2.86. The fraction of sp³-hybridized carbons (Fsp3) is 0.300. The first-order valence-corrected chi connectivity index (χ1v) is 8.83. The maximum Gasteiger partial charge on any atom is 0.416 e. The number of hydrogen-bond acceptors (Lipinski definition) is 2. The third-order valence-corrected chi connectivity index (χ3v) is 5.04. The third-order valence-electron chi connectivity index (χ3n) is 5.04. The van der Waals surface area contributed by atoms with Crippen molar-refractivity contribution in [3.8, 4) is 0 Å². The number of rotatable bonds is 2. The van der Waals surface area contributed by atoms with Crippen LogP contribution < -0.4 is 0 Å². The number of piperidine rings is 1. The summed E-state index contributed by atoms with van der Waals surface area (Å²) < 4.78 is 38.0. The molecule has 0 aliphatic carbocycles. The first kappa shape index (κ1) is 17.6. The van der Waals surface area contributed by atoms with Crippen molar-refractivity contribution in [3.05, 3.63) is 65.5 Å². The van der Waals surface area contributed by atoms with Gasteiger partial charge in [0.1, 0.15) is 5.82 Å². The number of imidazole rings is 1. The van der Waals surface area contributed by atoms with Gasteiger partial charge >= 0.3 is 6.18 Å². The molecule has 0 unspecified atom stereocenters. The molecule has 2 aromatic carbocycles. The van der Waals surface area contributed by atoms with E-state index < -0.39 is 11.7 Å². The van der Waals surface area contributed by atoms with Crippen LogP contribution in [0.25, 0.3) is 11.0 Å². The average Bonchev–Trinajstić information content (AvgIpc) is 3.11. The van der Waals surface area contributed by atoms with Crippen LogP contribution in [0.5, 0.6) is 0 Å². The highest BCUT2D eigenvalue weighted by Crippen LogP contribution is 2.30. The second-order valence-electron chi connectivity index (χ2n) is 6.78. The van der Waals surface area contributed by atoms with Crippen LogP contribution in [0.15, 0.2) is 48.5 Å². The number of likely N-dealkylation sites (tertiary alicyclic amines) is 1. The summed E-state index contributed by atoms with van der Waals surface area (Å²) in [6, 6.07) is 12.2. The van der Waals surface area contributed by atoms with Crippen molar-refractivity contribution in [3.63, 3.8) is 0 Å². The summed E-state index contributed by atoms with van der Waals surface area (Å²) in [5.74, 6) is 0.943. The lowest BCUT2D eigenvalue weighted by Crippen LogP contribution is -2.38. The number of benzene rings is 2. The Morgan fingerprint density at radius 3 is 2.33 bits per heavy atom. The quantitative estimate of drug-likeness (QED) is 0.714. The Balaban J connectivity index is 1.42. The fourth-order valence-electron chi connectivity index (χ4n) is 3.51. The van der Waals surface area contributed by atoms with Crippen molar-refractivity contribution in [2.75, 3.05) is 13.1 Å². The Labute approximate surface area is 154 Å². The maximum atomic E-state index is 12.7. The molecule has 3 aromatic rings. The van der Waals surface area contributed by atoms with Crippen molar-refractivity contribution in [1.82, 2.24) is 14.9 Å². The van der Waals surface area contributed by atoms with Gasteiger partial charge in [-0.1, -0.05) is 12.1 Å². The summed E-state index contributed by atoms with van der Waals surface area (Å²) in [7, 11) is 0. The Bertz CT molecular complexity index is 922. The van der Waals surface area contributed by atoms with Crippen LogP contribution in [0, 0.1) is 0 Å². The summed E-state index contributed by atoms with van der Waals surface area (Å²) >= 11 is 0. The first-order valence-electron chi connectivity index (χ1n) is 8.83. The molecule has 0 atom stereocenters. The van der Waals surface area contributed by atoms with Gasteiger partial charge in [0, 0.05) is 24.6 Å². The molecule has 140 valence electrons.